The molecule has 0 amide bonds. The minimum atomic E-state index is 0.584. The second-order valence-electron chi connectivity index (χ2n) is 4.51. The molecule has 1 nitrogen and oxygen atoms in total. The van der Waals surface area contributed by atoms with Gasteiger partial charge in [-0.15, -0.1) is 0 Å². The van der Waals surface area contributed by atoms with Crippen molar-refractivity contribution in [3.63, 3.8) is 0 Å². The smallest absolute Gasteiger partial charge is 0.0147 e. The second kappa shape index (κ2) is 1.97. The second-order valence-corrected chi connectivity index (χ2v) is 4.51. The molecule has 0 spiro atoms. The van der Waals surface area contributed by atoms with Gasteiger partial charge in [0, 0.05) is 6.04 Å². The average Bonchev–Trinajstić information content (AvgIpc) is 2.36. The zero-order chi connectivity index (χ0) is 7.19. The van der Waals surface area contributed by atoms with E-state index in [0.29, 0.717) is 5.41 Å². The molecule has 0 aromatic heterocycles. The van der Waals surface area contributed by atoms with E-state index in [4.69, 9.17) is 0 Å². The lowest BCUT2D eigenvalue weighted by Gasteiger charge is -2.26. The summed E-state index contributed by atoms with van der Waals surface area (Å²) in [6, 6.07) is 0.840. The molecule has 0 aromatic carbocycles. The van der Waals surface area contributed by atoms with E-state index in [0.717, 1.165) is 12.0 Å². The molecule has 10 heavy (non-hydrogen) atoms. The average molecular weight is 139 g/mol. The van der Waals surface area contributed by atoms with Gasteiger partial charge < -0.3 is 5.32 Å². The van der Waals surface area contributed by atoms with Gasteiger partial charge in [-0.25, -0.2) is 0 Å². The summed E-state index contributed by atoms with van der Waals surface area (Å²) in [6.45, 7) is 6.06. The van der Waals surface area contributed by atoms with Crippen molar-refractivity contribution in [1.82, 2.24) is 5.32 Å². The molecule has 2 rings (SSSR count). The highest BCUT2D eigenvalue weighted by Crippen LogP contribution is 2.44. The molecule has 0 aromatic rings. The molecule has 2 fully saturated rings. The predicted octanol–water partition coefficient (Wildman–Crippen LogP) is 1.78. The van der Waals surface area contributed by atoms with Crippen LogP contribution in [0, 0.1) is 11.3 Å². The van der Waals surface area contributed by atoms with Crippen LogP contribution in [0.25, 0.3) is 0 Å². The van der Waals surface area contributed by atoms with Gasteiger partial charge in [0.25, 0.3) is 0 Å². The van der Waals surface area contributed by atoms with Gasteiger partial charge in [-0.3, -0.25) is 0 Å². The monoisotopic (exact) mass is 139 g/mol. The van der Waals surface area contributed by atoms with Crippen molar-refractivity contribution < 1.29 is 0 Å². The van der Waals surface area contributed by atoms with Crippen molar-refractivity contribution in [3.8, 4) is 0 Å². The standard InChI is InChI=1S/C9H17N/c1-9(2)5-3-7-4-6-10-8(7)9/h7-8,10H,3-6H2,1-2H3. The van der Waals surface area contributed by atoms with Crippen molar-refractivity contribution in [2.24, 2.45) is 11.3 Å². The maximum Gasteiger partial charge on any atom is 0.0147 e. The van der Waals surface area contributed by atoms with E-state index >= 15 is 0 Å². The van der Waals surface area contributed by atoms with E-state index in [-0.39, 0.29) is 0 Å². The first-order chi connectivity index (χ1) is 4.70. The van der Waals surface area contributed by atoms with Gasteiger partial charge in [-0.1, -0.05) is 13.8 Å². The van der Waals surface area contributed by atoms with Crippen molar-refractivity contribution in [2.75, 3.05) is 6.54 Å². The molecule has 0 radical (unpaired) electrons. The van der Waals surface area contributed by atoms with Crippen LogP contribution in [-0.4, -0.2) is 12.6 Å². The summed E-state index contributed by atoms with van der Waals surface area (Å²) in [7, 11) is 0. The molecule has 1 aliphatic heterocycles. The van der Waals surface area contributed by atoms with E-state index < -0.39 is 0 Å². The molecule has 2 aliphatic rings. The molecule has 1 saturated carbocycles. The Morgan fingerprint density at radius 1 is 1.30 bits per heavy atom. The topological polar surface area (TPSA) is 12.0 Å². The fraction of sp³-hybridized carbons (Fsp3) is 1.00. The molecule has 2 unspecified atom stereocenters. The lowest BCUT2D eigenvalue weighted by Crippen LogP contribution is -2.35. The zero-order valence-electron chi connectivity index (χ0n) is 6.98. The van der Waals surface area contributed by atoms with E-state index in [1.807, 2.05) is 0 Å². The fourth-order valence-corrected chi connectivity index (χ4v) is 2.70. The first-order valence-electron chi connectivity index (χ1n) is 4.43. The number of nitrogens with one attached hydrogen (secondary N) is 1. The Labute approximate surface area is 63.2 Å². The van der Waals surface area contributed by atoms with Gasteiger partial charge >= 0.3 is 0 Å². The van der Waals surface area contributed by atoms with Gasteiger partial charge in [0.2, 0.25) is 0 Å². The molecular weight excluding hydrogens is 122 g/mol. The number of rotatable bonds is 0. The van der Waals surface area contributed by atoms with Crippen LogP contribution in [0.15, 0.2) is 0 Å². The first kappa shape index (κ1) is 6.66. The van der Waals surface area contributed by atoms with E-state index in [9.17, 15) is 0 Å². The maximum absolute atomic E-state index is 3.61. The Hall–Kier alpha value is -0.0400. The fourth-order valence-electron chi connectivity index (χ4n) is 2.70. The van der Waals surface area contributed by atoms with Gasteiger partial charge in [0.1, 0.15) is 0 Å². The number of hydrogen-bond acceptors (Lipinski definition) is 1. The van der Waals surface area contributed by atoms with E-state index in [1.54, 1.807) is 0 Å². The molecule has 2 atom stereocenters. The highest BCUT2D eigenvalue weighted by molar-refractivity contribution is 4.99. The van der Waals surface area contributed by atoms with Crippen LogP contribution in [0.4, 0.5) is 0 Å². The van der Waals surface area contributed by atoms with Gasteiger partial charge in [-0.05, 0) is 37.1 Å². The summed E-state index contributed by atoms with van der Waals surface area (Å²) in [5.41, 5.74) is 0.584. The summed E-state index contributed by atoms with van der Waals surface area (Å²) in [5.74, 6) is 1.01. The number of fused-ring (bicyclic) bond motifs is 1. The minimum absolute atomic E-state index is 0.584. The summed E-state index contributed by atoms with van der Waals surface area (Å²) in [5, 5.41) is 3.61. The first-order valence-corrected chi connectivity index (χ1v) is 4.43. The highest BCUT2D eigenvalue weighted by Gasteiger charge is 2.43. The Bertz CT molecular complexity index is 140. The Kier molecular flexibility index (Phi) is 1.31. The number of hydrogen-bond donors (Lipinski definition) is 1. The van der Waals surface area contributed by atoms with Crippen molar-refractivity contribution in [2.45, 2.75) is 39.2 Å². The lowest BCUT2D eigenvalue weighted by atomic mass is 9.86. The normalized spacial score (nSPS) is 43.8. The van der Waals surface area contributed by atoms with Crippen LogP contribution in [0.2, 0.25) is 0 Å². The molecule has 1 saturated heterocycles. The van der Waals surface area contributed by atoms with E-state index in [2.05, 4.69) is 19.2 Å². The van der Waals surface area contributed by atoms with Crippen LogP contribution in [0.1, 0.15) is 33.1 Å². The van der Waals surface area contributed by atoms with Crippen LogP contribution in [-0.2, 0) is 0 Å². The van der Waals surface area contributed by atoms with Crippen molar-refractivity contribution in [3.05, 3.63) is 0 Å². The summed E-state index contributed by atoms with van der Waals surface area (Å²) < 4.78 is 0. The van der Waals surface area contributed by atoms with Crippen LogP contribution < -0.4 is 5.32 Å². The summed E-state index contributed by atoms with van der Waals surface area (Å²) in [4.78, 5) is 0. The molecule has 1 heterocycles. The van der Waals surface area contributed by atoms with Gasteiger partial charge in [0.05, 0.1) is 0 Å². The van der Waals surface area contributed by atoms with Gasteiger partial charge in [0.15, 0.2) is 0 Å². The largest absolute Gasteiger partial charge is 0.313 e. The zero-order valence-corrected chi connectivity index (χ0v) is 6.98. The predicted molar refractivity (Wildman–Crippen MR) is 42.9 cm³/mol. The Morgan fingerprint density at radius 3 is 2.80 bits per heavy atom. The third-order valence-electron chi connectivity index (χ3n) is 3.35. The molecule has 1 N–H and O–H groups in total. The Morgan fingerprint density at radius 2 is 2.10 bits per heavy atom. The highest BCUT2D eigenvalue weighted by atomic mass is 15.0. The molecular formula is C9H17N. The Balaban J connectivity index is 2.16. The molecule has 0 bridgehead atoms. The van der Waals surface area contributed by atoms with Crippen LogP contribution in [0.5, 0.6) is 0 Å². The summed E-state index contributed by atoms with van der Waals surface area (Å²) >= 11 is 0. The van der Waals surface area contributed by atoms with E-state index in [1.165, 1.54) is 25.8 Å². The van der Waals surface area contributed by atoms with Crippen LogP contribution in [0.3, 0.4) is 0 Å². The maximum atomic E-state index is 3.61. The minimum Gasteiger partial charge on any atom is -0.313 e. The SMILES string of the molecule is CC1(C)CCC2CCNC21. The quantitative estimate of drug-likeness (QED) is 0.539. The van der Waals surface area contributed by atoms with Gasteiger partial charge in [-0.2, -0.15) is 0 Å². The molecule has 1 aliphatic carbocycles. The molecule has 58 valence electrons. The summed E-state index contributed by atoms with van der Waals surface area (Å²) in [6.07, 6.45) is 4.31. The van der Waals surface area contributed by atoms with Crippen LogP contribution >= 0.6 is 0 Å². The third kappa shape index (κ3) is 0.800. The van der Waals surface area contributed by atoms with Crippen molar-refractivity contribution >= 4 is 0 Å². The third-order valence-corrected chi connectivity index (χ3v) is 3.35. The lowest BCUT2D eigenvalue weighted by molar-refractivity contribution is 0.290. The molecule has 1 heteroatoms. The van der Waals surface area contributed by atoms with Crippen molar-refractivity contribution in [1.29, 1.82) is 0 Å².